The maximum Gasteiger partial charge on any atom is 0.293 e. The summed E-state index contributed by atoms with van der Waals surface area (Å²) in [5.41, 5.74) is 3.93. The fourth-order valence-corrected chi connectivity index (χ4v) is 3.36. The second kappa shape index (κ2) is 9.45. The van der Waals surface area contributed by atoms with Gasteiger partial charge in [-0.05, 0) is 37.1 Å². The Kier molecular flexibility index (Phi) is 6.75. The normalized spacial score (nSPS) is 10.9. The summed E-state index contributed by atoms with van der Waals surface area (Å²) in [5.74, 6) is 0. The lowest BCUT2D eigenvalue weighted by Crippen LogP contribution is -2.76. The Labute approximate surface area is 171 Å². The molecule has 0 unspecified atom stereocenters. The lowest BCUT2D eigenvalue weighted by molar-refractivity contribution is -0.498. The number of benzene rings is 2. The Bertz CT molecular complexity index is 985. The highest BCUT2D eigenvalue weighted by molar-refractivity contribution is 5.91. The van der Waals surface area contributed by atoms with E-state index in [1.54, 1.807) is 0 Å². The molecule has 6 heteroatoms. The second-order valence-corrected chi connectivity index (χ2v) is 7.58. The standard InChI is InChI=1S/C23H29N3O3/c1-25(2)17-8-10-19-21(14-17)29-22-15-18(26(3)4)9-11-20(22)23(19)24-12-6-5-7-13-28-16-27/h8-11,14-16H,5-7,12-13H2,1-4H3/p+1. The topological polar surface area (TPSA) is 59.9 Å². The van der Waals surface area contributed by atoms with Crippen LogP contribution in [0.4, 0.5) is 11.4 Å². The van der Waals surface area contributed by atoms with E-state index in [4.69, 9.17) is 9.15 Å². The molecule has 1 aromatic heterocycles. The molecule has 0 aliphatic carbocycles. The van der Waals surface area contributed by atoms with Crippen molar-refractivity contribution < 1.29 is 18.9 Å². The first kappa shape index (κ1) is 20.7. The highest BCUT2D eigenvalue weighted by Gasteiger charge is 2.12. The molecule has 154 valence electrons. The Hall–Kier alpha value is -3.02. The number of unbranched alkanes of at least 4 members (excludes halogenated alkanes) is 2. The lowest BCUT2D eigenvalue weighted by Gasteiger charge is -2.14. The van der Waals surface area contributed by atoms with Crippen molar-refractivity contribution in [1.82, 2.24) is 0 Å². The average Bonchev–Trinajstić information content (AvgIpc) is 2.71. The zero-order valence-electron chi connectivity index (χ0n) is 17.7. The monoisotopic (exact) mass is 396 g/mol. The quantitative estimate of drug-likeness (QED) is 0.341. The molecule has 0 bridgehead atoms. The van der Waals surface area contributed by atoms with Crippen molar-refractivity contribution in [3.63, 3.8) is 0 Å². The molecule has 6 nitrogen and oxygen atoms in total. The Morgan fingerprint density at radius 1 is 0.897 bits per heavy atom. The van der Waals surface area contributed by atoms with Gasteiger partial charge in [0.25, 0.3) is 6.47 Å². The zero-order valence-corrected chi connectivity index (χ0v) is 17.7. The maximum absolute atomic E-state index is 10.2. The molecule has 1 N–H and O–H groups in total. The van der Waals surface area contributed by atoms with Crippen LogP contribution in [0.1, 0.15) is 19.3 Å². The third-order valence-electron chi connectivity index (χ3n) is 5.03. The number of carbonyl (C=O) groups excluding carboxylic acids is 1. The number of fused-ring (bicyclic) bond motifs is 2. The first-order chi connectivity index (χ1) is 14.0. The minimum atomic E-state index is 0.486. The van der Waals surface area contributed by atoms with E-state index in [1.165, 1.54) is 0 Å². The second-order valence-electron chi connectivity index (χ2n) is 7.58. The molecule has 0 saturated carbocycles. The van der Waals surface area contributed by atoms with Crippen LogP contribution < -0.4 is 20.1 Å². The van der Waals surface area contributed by atoms with Gasteiger partial charge in [-0.3, -0.25) is 4.79 Å². The van der Waals surface area contributed by atoms with Crippen molar-refractivity contribution in [3.05, 3.63) is 41.8 Å². The number of nitrogens with one attached hydrogen (secondary N) is 1. The van der Waals surface area contributed by atoms with Gasteiger partial charge in [0, 0.05) is 58.1 Å². The van der Waals surface area contributed by atoms with Crippen LogP contribution in [-0.4, -0.2) is 47.8 Å². The molecule has 0 radical (unpaired) electrons. The van der Waals surface area contributed by atoms with Crippen LogP contribution in [-0.2, 0) is 9.53 Å². The third-order valence-corrected chi connectivity index (χ3v) is 5.03. The third kappa shape index (κ3) is 4.88. The summed E-state index contributed by atoms with van der Waals surface area (Å²) in [4.78, 5) is 18.0. The first-order valence-corrected chi connectivity index (χ1v) is 9.98. The Morgan fingerprint density at radius 3 is 2.00 bits per heavy atom. The smallest absolute Gasteiger partial charge is 0.293 e. The van der Waals surface area contributed by atoms with E-state index in [1.807, 2.05) is 28.2 Å². The van der Waals surface area contributed by atoms with Gasteiger partial charge >= 0.3 is 0 Å². The summed E-state index contributed by atoms with van der Waals surface area (Å²) >= 11 is 0. The van der Waals surface area contributed by atoms with Crippen LogP contribution in [0.15, 0.2) is 40.8 Å². The van der Waals surface area contributed by atoms with E-state index < -0.39 is 0 Å². The molecule has 3 rings (SSSR count). The molecule has 1 heterocycles. The van der Waals surface area contributed by atoms with E-state index in [2.05, 4.69) is 51.2 Å². The molecule has 3 aromatic rings. The van der Waals surface area contributed by atoms with Gasteiger partial charge in [-0.1, -0.05) is 0 Å². The molecule has 0 aliphatic rings. The molecule has 0 saturated heterocycles. The highest BCUT2D eigenvalue weighted by Crippen LogP contribution is 2.25. The highest BCUT2D eigenvalue weighted by atomic mass is 16.5. The van der Waals surface area contributed by atoms with Crippen LogP contribution in [0.25, 0.3) is 21.9 Å². The van der Waals surface area contributed by atoms with Gasteiger partial charge in [0.05, 0.1) is 17.4 Å². The average molecular weight is 397 g/mol. The van der Waals surface area contributed by atoms with Crippen molar-refractivity contribution in [1.29, 1.82) is 0 Å². The van der Waals surface area contributed by atoms with E-state index in [-0.39, 0.29) is 0 Å². The number of carbonyl (C=O) groups is 1. The molecule has 0 atom stereocenters. The molecule has 29 heavy (non-hydrogen) atoms. The van der Waals surface area contributed by atoms with Gasteiger partial charge in [0.2, 0.25) is 5.36 Å². The van der Waals surface area contributed by atoms with Crippen molar-refractivity contribution in [2.24, 2.45) is 0 Å². The van der Waals surface area contributed by atoms with Crippen LogP contribution >= 0.6 is 0 Å². The van der Waals surface area contributed by atoms with Gasteiger partial charge in [0.15, 0.2) is 0 Å². The van der Waals surface area contributed by atoms with E-state index in [9.17, 15) is 4.79 Å². The van der Waals surface area contributed by atoms with Gasteiger partial charge in [-0.25, -0.2) is 4.99 Å². The number of ether oxygens (including phenoxy) is 1. The predicted octanol–water partition coefficient (Wildman–Crippen LogP) is 2.04. The maximum atomic E-state index is 10.2. The number of rotatable bonds is 9. The van der Waals surface area contributed by atoms with Crippen LogP contribution in [0, 0.1) is 0 Å². The van der Waals surface area contributed by atoms with Gasteiger partial charge in [0.1, 0.15) is 17.7 Å². The molecule has 0 amide bonds. The van der Waals surface area contributed by atoms with Crippen molar-refractivity contribution in [2.45, 2.75) is 19.3 Å². The number of anilines is 2. The van der Waals surface area contributed by atoms with E-state index in [0.717, 1.165) is 64.5 Å². The fraction of sp³-hybridized carbons (Fsp3) is 0.391. The Morgan fingerprint density at radius 2 is 1.48 bits per heavy atom. The van der Waals surface area contributed by atoms with Crippen molar-refractivity contribution in [2.75, 3.05) is 51.1 Å². The summed E-state index contributed by atoms with van der Waals surface area (Å²) in [6, 6.07) is 12.6. The fourth-order valence-electron chi connectivity index (χ4n) is 3.36. The summed E-state index contributed by atoms with van der Waals surface area (Å²) in [6.45, 7) is 1.84. The van der Waals surface area contributed by atoms with Crippen LogP contribution in [0.3, 0.4) is 0 Å². The van der Waals surface area contributed by atoms with Gasteiger partial charge in [-0.15, -0.1) is 0 Å². The van der Waals surface area contributed by atoms with Crippen molar-refractivity contribution in [3.8, 4) is 0 Å². The number of hydrogen-bond donors (Lipinski definition) is 1. The molecule has 0 spiro atoms. The van der Waals surface area contributed by atoms with Crippen LogP contribution in [0.5, 0.6) is 0 Å². The van der Waals surface area contributed by atoms with Gasteiger partial charge in [-0.2, -0.15) is 0 Å². The Balaban J connectivity index is 2.03. The molecule has 0 fully saturated rings. The van der Waals surface area contributed by atoms with Gasteiger partial charge < -0.3 is 19.0 Å². The molecule has 0 aliphatic heterocycles. The number of nitrogens with zero attached hydrogens (tertiary/aromatic N) is 2. The lowest BCUT2D eigenvalue weighted by atomic mass is 10.1. The largest absolute Gasteiger partial charge is 0.468 e. The zero-order chi connectivity index (χ0) is 20.8. The van der Waals surface area contributed by atoms with E-state index >= 15 is 0 Å². The summed E-state index contributed by atoms with van der Waals surface area (Å²) in [6.07, 6.45) is 2.89. The summed E-state index contributed by atoms with van der Waals surface area (Å²) < 4.78 is 11.1. The van der Waals surface area contributed by atoms with E-state index in [0.29, 0.717) is 13.1 Å². The SMILES string of the molecule is CN(C)c1ccc2c(=[NH+]CCCCCOC=O)c3ccc(N(C)C)cc3oc2c1. The number of hydrogen-bond acceptors (Lipinski definition) is 5. The minimum absolute atomic E-state index is 0.486. The minimum Gasteiger partial charge on any atom is -0.468 e. The summed E-state index contributed by atoms with van der Waals surface area (Å²) in [5, 5.41) is 3.25. The molecular formula is C23H30N3O3+. The molecular weight excluding hydrogens is 366 g/mol. The molecule has 2 aromatic carbocycles. The predicted molar refractivity (Wildman–Crippen MR) is 117 cm³/mol. The first-order valence-electron chi connectivity index (χ1n) is 9.98. The summed E-state index contributed by atoms with van der Waals surface area (Å²) in [7, 11) is 8.11. The van der Waals surface area contributed by atoms with Crippen molar-refractivity contribution >= 4 is 39.8 Å². The van der Waals surface area contributed by atoms with Crippen LogP contribution in [0.2, 0.25) is 0 Å².